The second-order valence-electron chi connectivity index (χ2n) is 7.15. The monoisotopic (exact) mass is 395 g/mol. The van der Waals surface area contributed by atoms with Gasteiger partial charge in [0.05, 0.1) is 18.1 Å². The normalized spacial score (nSPS) is 20.3. The Labute approximate surface area is 160 Å². The highest BCUT2D eigenvalue weighted by Crippen LogP contribution is 2.21. The fourth-order valence-electron chi connectivity index (χ4n) is 3.49. The largest absolute Gasteiger partial charge is 0.313 e. The van der Waals surface area contributed by atoms with Gasteiger partial charge < -0.3 is 9.47 Å². The number of hydrogen-bond acceptors (Lipinski definition) is 4. The van der Waals surface area contributed by atoms with Gasteiger partial charge in [0.25, 0.3) is 0 Å². The molecule has 6 nitrogen and oxygen atoms in total. The Bertz CT molecular complexity index is 903. The van der Waals surface area contributed by atoms with Crippen LogP contribution in [0.4, 0.5) is 0 Å². The number of quaternary nitrogens is 1. The molecular formula is C18H27N4O2S2+. The molecule has 1 N–H and O–H groups in total. The van der Waals surface area contributed by atoms with Crippen molar-refractivity contribution in [2.45, 2.75) is 33.0 Å². The fourth-order valence-corrected chi connectivity index (χ4v) is 5.57. The van der Waals surface area contributed by atoms with Crippen LogP contribution in [0.3, 0.4) is 0 Å². The standard InChI is InChI=1S/C18H26N4O2S2/c1-3-21(12-15-7-5-4-6-8-15)14-22-18(25)20(2)17(19-22)11-16-9-10-26(23,24)13-16/h4-8,16H,3,9-14H2,1-2H3/p+1/t16-/m1/s1. The lowest BCUT2D eigenvalue weighted by Gasteiger charge is -2.17. The SMILES string of the molecule is CC[NH+](Cc1ccccc1)Cn1nc(C[C@H]2CCS(=O)(=O)C2)n(C)c1=S. The molecule has 1 aliphatic heterocycles. The van der Waals surface area contributed by atoms with Crippen LogP contribution in [0.15, 0.2) is 30.3 Å². The first-order valence-corrected chi connectivity index (χ1v) is 11.3. The third-order valence-electron chi connectivity index (χ3n) is 5.10. The van der Waals surface area contributed by atoms with Gasteiger partial charge >= 0.3 is 0 Å². The van der Waals surface area contributed by atoms with Gasteiger partial charge in [0.2, 0.25) is 4.77 Å². The van der Waals surface area contributed by atoms with Crippen LogP contribution in [0.1, 0.15) is 24.7 Å². The zero-order valence-corrected chi connectivity index (χ0v) is 17.0. The Morgan fingerprint density at radius 3 is 2.65 bits per heavy atom. The van der Waals surface area contributed by atoms with Crippen molar-refractivity contribution in [1.29, 1.82) is 0 Å². The molecule has 2 heterocycles. The number of aromatic nitrogens is 3. The lowest BCUT2D eigenvalue weighted by atomic mass is 10.1. The second-order valence-corrected chi connectivity index (χ2v) is 9.75. The lowest BCUT2D eigenvalue weighted by Crippen LogP contribution is -3.09. The molecule has 142 valence electrons. The van der Waals surface area contributed by atoms with Gasteiger partial charge in [0, 0.05) is 19.0 Å². The minimum Gasteiger partial charge on any atom is -0.313 e. The molecule has 8 heteroatoms. The number of rotatable bonds is 7. The molecule has 0 saturated carbocycles. The predicted molar refractivity (Wildman–Crippen MR) is 104 cm³/mol. The van der Waals surface area contributed by atoms with Crippen molar-refractivity contribution < 1.29 is 13.3 Å². The quantitative estimate of drug-likeness (QED) is 0.711. The van der Waals surface area contributed by atoms with E-state index in [4.69, 9.17) is 17.3 Å². The predicted octanol–water partition coefficient (Wildman–Crippen LogP) is 0.991. The lowest BCUT2D eigenvalue weighted by molar-refractivity contribution is -0.935. The Morgan fingerprint density at radius 1 is 1.31 bits per heavy atom. The number of nitrogens with zero attached hydrogens (tertiary/aromatic N) is 3. The van der Waals surface area contributed by atoms with E-state index in [1.807, 2.05) is 22.4 Å². The maximum absolute atomic E-state index is 11.7. The maximum atomic E-state index is 11.7. The highest BCUT2D eigenvalue weighted by Gasteiger charge is 2.29. The van der Waals surface area contributed by atoms with E-state index in [1.165, 1.54) is 10.5 Å². The number of hydrogen-bond donors (Lipinski definition) is 1. The first-order chi connectivity index (χ1) is 12.4. The van der Waals surface area contributed by atoms with E-state index >= 15 is 0 Å². The Balaban J connectivity index is 1.71. The molecule has 1 fully saturated rings. The number of sulfone groups is 1. The Morgan fingerprint density at radius 2 is 2.04 bits per heavy atom. The van der Waals surface area contributed by atoms with Gasteiger partial charge in [0.15, 0.2) is 16.5 Å². The molecule has 1 aromatic heterocycles. The number of nitrogens with one attached hydrogen (secondary N) is 1. The molecule has 0 bridgehead atoms. The molecular weight excluding hydrogens is 368 g/mol. The molecule has 2 atom stereocenters. The minimum absolute atomic E-state index is 0.155. The van der Waals surface area contributed by atoms with Gasteiger partial charge in [-0.15, -0.1) is 0 Å². The summed E-state index contributed by atoms with van der Waals surface area (Å²) < 4.78 is 27.9. The van der Waals surface area contributed by atoms with Crippen LogP contribution in [0.25, 0.3) is 0 Å². The molecule has 1 aromatic carbocycles. The third-order valence-corrected chi connectivity index (χ3v) is 7.42. The van der Waals surface area contributed by atoms with Gasteiger partial charge in [-0.2, -0.15) is 9.78 Å². The van der Waals surface area contributed by atoms with Crippen LogP contribution < -0.4 is 4.90 Å². The van der Waals surface area contributed by atoms with Crippen molar-refractivity contribution in [1.82, 2.24) is 14.3 Å². The van der Waals surface area contributed by atoms with Crippen LogP contribution in [0.5, 0.6) is 0 Å². The van der Waals surface area contributed by atoms with E-state index < -0.39 is 9.84 Å². The first kappa shape index (κ1) is 19.3. The molecule has 2 aromatic rings. The maximum Gasteiger partial charge on any atom is 0.202 e. The van der Waals surface area contributed by atoms with Crippen molar-refractivity contribution in [2.75, 3.05) is 18.1 Å². The van der Waals surface area contributed by atoms with E-state index in [0.29, 0.717) is 23.6 Å². The molecule has 1 aliphatic rings. The van der Waals surface area contributed by atoms with Crippen molar-refractivity contribution in [3.63, 3.8) is 0 Å². The Hall–Kier alpha value is -1.51. The van der Waals surface area contributed by atoms with Gasteiger partial charge in [-0.05, 0) is 31.5 Å². The van der Waals surface area contributed by atoms with E-state index in [9.17, 15) is 8.42 Å². The Kier molecular flexibility index (Phi) is 5.94. The topological polar surface area (TPSA) is 61.3 Å². The average molecular weight is 396 g/mol. The highest BCUT2D eigenvalue weighted by molar-refractivity contribution is 7.91. The van der Waals surface area contributed by atoms with Gasteiger partial charge in [0.1, 0.15) is 12.4 Å². The molecule has 1 saturated heterocycles. The first-order valence-electron chi connectivity index (χ1n) is 9.08. The fraction of sp³-hybridized carbons (Fsp3) is 0.556. The van der Waals surface area contributed by atoms with E-state index in [2.05, 4.69) is 31.2 Å². The summed E-state index contributed by atoms with van der Waals surface area (Å²) in [5.41, 5.74) is 1.29. The van der Waals surface area contributed by atoms with Crippen LogP contribution in [0.2, 0.25) is 0 Å². The molecule has 0 spiro atoms. The summed E-state index contributed by atoms with van der Waals surface area (Å²) in [6, 6.07) is 10.4. The van der Waals surface area contributed by atoms with Crippen LogP contribution in [-0.2, 0) is 36.5 Å². The summed E-state index contributed by atoms with van der Waals surface area (Å²) in [5.74, 6) is 1.61. The smallest absolute Gasteiger partial charge is 0.202 e. The van der Waals surface area contributed by atoms with Crippen molar-refractivity contribution in [3.8, 4) is 0 Å². The minimum atomic E-state index is -2.86. The van der Waals surface area contributed by atoms with E-state index in [1.54, 1.807) is 0 Å². The average Bonchev–Trinajstić information content (AvgIpc) is 3.09. The molecule has 1 unspecified atom stereocenters. The molecule has 0 amide bonds. The molecule has 0 aliphatic carbocycles. The van der Waals surface area contributed by atoms with Crippen molar-refractivity contribution in [3.05, 3.63) is 46.5 Å². The molecule has 0 radical (unpaired) electrons. The second kappa shape index (κ2) is 8.02. The molecule has 3 rings (SSSR count). The van der Waals surface area contributed by atoms with Crippen molar-refractivity contribution in [2.24, 2.45) is 13.0 Å². The van der Waals surface area contributed by atoms with Crippen molar-refractivity contribution >= 4 is 22.1 Å². The van der Waals surface area contributed by atoms with E-state index in [0.717, 1.165) is 25.3 Å². The summed E-state index contributed by atoms with van der Waals surface area (Å²) >= 11 is 5.56. The summed E-state index contributed by atoms with van der Waals surface area (Å²) in [5, 5.41) is 4.71. The zero-order valence-electron chi connectivity index (χ0n) is 15.4. The van der Waals surface area contributed by atoms with Gasteiger partial charge in [-0.3, -0.25) is 0 Å². The van der Waals surface area contributed by atoms with Crippen LogP contribution >= 0.6 is 12.2 Å². The van der Waals surface area contributed by atoms with Gasteiger partial charge in [-0.25, -0.2) is 8.42 Å². The third kappa shape index (κ3) is 4.61. The molecule has 26 heavy (non-hydrogen) atoms. The zero-order chi connectivity index (χ0) is 18.7. The summed E-state index contributed by atoms with van der Waals surface area (Å²) in [6.45, 7) is 4.77. The summed E-state index contributed by atoms with van der Waals surface area (Å²) in [4.78, 5) is 1.38. The van der Waals surface area contributed by atoms with Crippen LogP contribution in [0, 0.1) is 10.7 Å². The van der Waals surface area contributed by atoms with Gasteiger partial charge in [-0.1, -0.05) is 30.3 Å². The summed E-state index contributed by atoms with van der Waals surface area (Å²) in [7, 11) is -0.939. The van der Waals surface area contributed by atoms with E-state index in [-0.39, 0.29) is 11.7 Å². The number of benzene rings is 1. The van der Waals surface area contributed by atoms with Crippen LogP contribution in [-0.4, -0.2) is 40.8 Å². The summed E-state index contributed by atoms with van der Waals surface area (Å²) in [6.07, 6.45) is 1.40. The highest BCUT2D eigenvalue weighted by atomic mass is 32.2.